The van der Waals surface area contributed by atoms with Crippen LogP contribution in [0.4, 0.5) is 0 Å². The monoisotopic (exact) mass is 374 g/mol. The predicted octanol–water partition coefficient (Wildman–Crippen LogP) is 2.90. The summed E-state index contributed by atoms with van der Waals surface area (Å²) in [4.78, 5) is 21.8. The van der Waals surface area contributed by atoms with Crippen LogP contribution in [0, 0.1) is 6.92 Å². The molecule has 2 heterocycles. The highest BCUT2D eigenvalue weighted by Crippen LogP contribution is 2.28. The minimum Gasteiger partial charge on any atom is -0.332 e. The van der Waals surface area contributed by atoms with E-state index in [4.69, 9.17) is 0 Å². The van der Waals surface area contributed by atoms with Gasteiger partial charge in [0, 0.05) is 7.05 Å². The Morgan fingerprint density at radius 3 is 2.76 bits per heavy atom. The SMILES string of the molecule is Cc1ccsc1C[NH+](C)CC(=O)N(C)[C@@H](C)c1nc2ccccc2s1. The Hall–Kier alpha value is -1.76. The lowest BCUT2D eigenvalue weighted by Gasteiger charge is -2.24. The molecule has 6 heteroatoms. The number of rotatable bonds is 6. The number of carbonyl (C=O) groups is 1. The van der Waals surface area contributed by atoms with Crippen LogP contribution in [0.15, 0.2) is 35.7 Å². The Bertz CT molecular complexity index is 837. The van der Waals surface area contributed by atoms with E-state index in [9.17, 15) is 4.79 Å². The third-order valence-corrected chi connectivity index (χ3v) is 6.76. The van der Waals surface area contributed by atoms with Crippen molar-refractivity contribution in [3.05, 3.63) is 51.2 Å². The zero-order chi connectivity index (χ0) is 18.0. The first-order valence-corrected chi connectivity index (χ1v) is 10.1. The molecule has 1 amide bonds. The smallest absolute Gasteiger partial charge is 0.278 e. The van der Waals surface area contributed by atoms with Crippen molar-refractivity contribution in [3.63, 3.8) is 0 Å². The van der Waals surface area contributed by atoms with Gasteiger partial charge in [0.2, 0.25) is 0 Å². The summed E-state index contributed by atoms with van der Waals surface area (Å²) in [5.41, 5.74) is 2.32. The second kappa shape index (κ2) is 7.64. The lowest BCUT2D eigenvalue weighted by atomic mass is 10.2. The van der Waals surface area contributed by atoms with E-state index < -0.39 is 0 Å². The quantitative estimate of drug-likeness (QED) is 0.720. The van der Waals surface area contributed by atoms with Crippen molar-refractivity contribution in [1.29, 1.82) is 0 Å². The van der Waals surface area contributed by atoms with Crippen LogP contribution in [-0.2, 0) is 11.3 Å². The van der Waals surface area contributed by atoms with Crippen LogP contribution in [0.3, 0.4) is 0 Å². The first kappa shape index (κ1) is 18.0. The average molecular weight is 375 g/mol. The molecule has 0 aliphatic carbocycles. The third kappa shape index (κ3) is 4.08. The van der Waals surface area contributed by atoms with Crippen LogP contribution in [0.2, 0.25) is 0 Å². The summed E-state index contributed by atoms with van der Waals surface area (Å²) in [6.07, 6.45) is 0. The molecule has 1 aromatic carbocycles. The number of aryl methyl sites for hydroxylation is 1. The van der Waals surface area contributed by atoms with Crippen LogP contribution >= 0.6 is 22.7 Å². The van der Waals surface area contributed by atoms with E-state index in [2.05, 4.69) is 36.5 Å². The van der Waals surface area contributed by atoms with Crippen molar-refractivity contribution in [2.75, 3.05) is 20.6 Å². The normalized spacial score (nSPS) is 13.8. The van der Waals surface area contributed by atoms with Crippen molar-refractivity contribution in [3.8, 4) is 0 Å². The molecule has 0 saturated carbocycles. The molecule has 3 aromatic rings. The molecule has 1 unspecified atom stereocenters. The molecule has 0 radical (unpaired) electrons. The van der Waals surface area contributed by atoms with Crippen molar-refractivity contribution in [2.45, 2.75) is 26.4 Å². The molecule has 2 aromatic heterocycles. The van der Waals surface area contributed by atoms with Gasteiger partial charge in [-0.15, -0.1) is 22.7 Å². The van der Waals surface area contributed by atoms with Crippen molar-refractivity contribution < 1.29 is 9.69 Å². The summed E-state index contributed by atoms with van der Waals surface area (Å²) in [5, 5.41) is 3.10. The standard InChI is InChI=1S/C19H23N3OS2/c1-13-9-10-24-17(13)11-21(3)12-18(23)22(4)14(2)19-20-15-7-5-6-8-16(15)25-19/h5-10,14H,11-12H2,1-4H3/p+1/t14-/m0/s1. The molecular formula is C19H24N3OS2+. The van der Waals surface area contributed by atoms with Crippen molar-refractivity contribution in [2.24, 2.45) is 0 Å². The Morgan fingerprint density at radius 2 is 2.08 bits per heavy atom. The number of hydrogen-bond donors (Lipinski definition) is 1. The number of aromatic nitrogens is 1. The second-order valence-electron chi connectivity index (χ2n) is 6.54. The molecular weight excluding hydrogens is 350 g/mol. The van der Waals surface area contributed by atoms with E-state index in [0.717, 1.165) is 17.1 Å². The molecule has 2 atom stereocenters. The number of quaternary nitrogens is 1. The first-order valence-electron chi connectivity index (χ1n) is 8.41. The van der Waals surface area contributed by atoms with Crippen LogP contribution in [0.5, 0.6) is 0 Å². The number of nitrogens with one attached hydrogen (secondary N) is 1. The fraction of sp³-hybridized carbons (Fsp3) is 0.368. The minimum absolute atomic E-state index is 0.0128. The van der Waals surface area contributed by atoms with Gasteiger partial charge >= 0.3 is 0 Å². The number of benzene rings is 1. The Morgan fingerprint density at radius 1 is 1.32 bits per heavy atom. The van der Waals surface area contributed by atoms with Gasteiger partial charge in [-0.05, 0) is 43.0 Å². The average Bonchev–Trinajstić information content (AvgIpc) is 3.19. The number of hydrogen-bond acceptors (Lipinski definition) is 4. The van der Waals surface area contributed by atoms with Gasteiger partial charge in [0.25, 0.3) is 5.91 Å². The van der Waals surface area contributed by atoms with E-state index in [1.165, 1.54) is 20.0 Å². The van der Waals surface area contributed by atoms with Crippen LogP contribution in [-0.4, -0.2) is 36.4 Å². The summed E-state index contributed by atoms with van der Waals surface area (Å²) in [7, 11) is 3.95. The second-order valence-corrected chi connectivity index (χ2v) is 8.60. The zero-order valence-electron chi connectivity index (χ0n) is 15.1. The summed E-state index contributed by atoms with van der Waals surface area (Å²) < 4.78 is 1.17. The molecule has 1 N–H and O–H groups in total. The maximum Gasteiger partial charge on any atom is 0.278 e. The fourth-order valence-electron chi connectivity index (χ4n) is 2.76. The molecule has 0 fully saturated rings. The Balaban J connectivity index is 1.63. The van der Waals surface area contributed by atoms with E-state index in [1.54, 1.807) is 22.7 Å². The van der Waals surface area contributed by atoms with Crippen molar-refractivity contribution in [1.82, 2.24) is 9.88 Å². The van der Waals surface area contributed by atoms with E-state index in [-0.39, 0.29) is 11.9 Å². The molecule has 4 nitrogen and oxygen atoms in total. The Kier molecular flexibility index (Phi) is 5.51. The number of carbonyl (C=O) groups excluding carboxylic acids is 1. The minimum atomic E-state index is -0.0128. The zero-order valence-corrected chi connectivity index (χ0v) is 16.7. The van der Waals surface area contributed by atoms with Crippen molar-refractivity contribution >= 4 is 38.8 Å². The van der Waals surface area contributed by atoms with Crippen LogP contribution in [0.25, 0.3) is 10.2 Å². The Labute approximate surface area is 156 Å². The van der Waals surface area contributed by atoms with Gasteiger partial charge < -0.3 is 9.80 Å². The highest BCUT2D eigenvalue weighted by atomic mass is 32.1. The van der Waals surface area contributed by atoms with Gasteiger partial charge in [-0.2, -0.15) is 0 Å². The topological polar surface area (TPSA) is 37.6 Å². The molecule has 132 valence electrons. The molecule has 3 rings (SSSR count). The molecule has 0 bridgehead atoms. The number of thiophene rings is 1. The highest BCUT2D eigenvalue weighted by molar-refractivity contribution is 7.18. The maximum atomic E-state index is 12.7. The van der Waals surface area contributed by atoms with Crippen LogP contribution < -0.4 is 4.90 Å². The number of fused-ring (bicyclic) bond motifs is 1. The third-order valence-electron chi connectivity index (χ3n) is 4.53. The molecule has 0 saturated heterocycles. The fourth-order valence-corrected chi connectivity index (χ4v) is 4.84. The van der Waals surface area contributed by atoms with Gasteiger partial charge in [-0.1, -0.05) is 12.1 Å². The summed E-state index contributed by atoms with van der Waals surface area (Å²) in [5.74, 6) is 0.151. The summed E-state index contributed by atoms with van der Waals surface area (Å²) >= 11 is 3.43. The van der Waals surface area contributed by atoms with Gasteiger partial charge in [-0.25, -0.2) is 4.98 Å². The van der Waals surface area contributed by atoms with Gasteiger partial charge in [0.1, 0.15) is 11.6 Å². The van der Waals surface area contributed by atoms with Gasteiger partial charge in [0.05, 0.1) is 28.2 Å². The number of para-hydroxylation sites is 1. The maximum absolute atomic E-state index is 12.7. The molecule has 0 aliphatic rings. The molecule has 0 spiro atoms. The number of thiazole rings is 1. The number of nitrogens with zero attached hydrogens (tertiary/aromatic N) is 2. The lowest BCUT2D eigenvalue weighted by molar-refractivity contribution is -0.885. The summed E-state index contributed by atoms with van der Waals surface area (Å²) in [6, 6.07) is 10.2. The first-order chi connectivity index (χ1) is 12.0. The largest absolute Gasteiger partial charge is 0.332 e. The number of likely N-dealkylation sites (N-methyl/N-ethyl adjacent to an activating group) is 2. The number of amides is 1. The predicted molar refractivity (Wildman–Crippen MR) is 105 cm³/mol. The lowest BCUT2D eigenvalue weighted by Crippen LogP contribution is -3.08. The van der Waals surface area contributed by atoms with Crippen LogP contribution in [0.1, 0.15) is 28.4 Å². The van der Waals surface area contributed by atoms with E-state index >= 15 is 0 Å². The molecule has 25 heavy (non-hydrogen) atoms. The highest BCUT2D eigenvalue weighted by Gasteiger charge is 2.23. The molecule has 0 aliphatic heterocycles. The van der Waals surface area contributed by atoms with Gasteiger partial charge in [-0.3, -0.25) is 4.79 Å². The summed E-state index contributed by atoms with van der Waals surface area (Å²) in [6.45, 7) is 5.55. The van der Waals surface area contributed by atoms with E-state index in [1.807, 2.05) is 37.1 Å². The van der Waals surface area contributed by atoms with Gasteiger partial charge in [0.15, 0.2) is 6.54 Å². The van der Waals surface area contributed by atoms with E-state index in [0.29, 0.717) is 6.54 Å².